The Morgan fingerprint density at radius 3 is 2.45 bits per heavy atom. The summed E-state index contributed by atoms with van der Waals surface area (Å²) in [5.41, 5.74) is -0.132. The van der Waals surface area contributed by atoms with Crippen molar-refractivity contribution in [3.05, 3.63) is 47.5 Å². The van der Waals surface area contributed by atoms with Gasteiger partial charge >= 0.3 is 0 Å². The molecule has 1 aromatic carbocycles. The van der Waals surface area contributed by atoms with E-state index >= 15 is 0 Å². The zero-order valence-electron chi connectivity index (χ0n) is 12.5. The standard InChI is InChI=1S/C15H19F2NO3S/c1-3-4-8-22(20,21)10-15(19)18-11(2)9-12-13(16)6-5-7-14(12)17/h3-7,11H,8-10H2,1-2H3,(H,18,19)/b4-3+. The van der Waals surface area contributed by atoms with Gasteiger partial charge in [-0.3, -0.25) is 4.79 Å². The monoisotopic (exact) mass is 331 g/mol. The van der Waals surface area contributed by atoms with Crippen molar-refractivity contribution in [3.8, 4) is 0 Å². The molecule has 0 bridgehead atoms. The Labute approximate surface area is 129 Å². The summed E-state index contributed by atoms with van der Waals surface area (Å²) in [4.78, 5) is 11.7. The number of hydrogen-bond acceptors (Lipinski definition) is 3. The fraction of sp³-hybridized carbons (Fsp3) is 0.400. The first-order valence-electron chi connectivity index (χ1n) is 6.79. The van der Waals surface area contributed by atoms with Gasteiger partial charge in [0.1, 0.15) is 17.4 Å². The highest BCUT2D eigenvalue weighted by molar-refractivity contribution is 7.92. The Hall–Kier alpha value is -1.76. The summed E-state index contributed by atoms with van der Waals surface area (Å²) in [6.45, 7) is 3.24. The van der Waals surface area contributed by atoms with Gasteiger partial charge in [-0.25, -0.2) is 17.2 Å². The molecule has 1 unspecified atom stereocenters. The smallest absolute Gasteiger partial charge is 0.235 e. The van der Waals surface area contributed by atoms with Crippen LogP contribution in [-0.2, 0) is 21.1 Å². The molecule has 1 atom stereocenters. The number of carbonyl (C=O) groups is 1. The molecule has 1 rings (SSSR count). The lowest BCUT2D eigenvalue weighted by molar-refractivity contribution is -0.119. The SMILES string of the molecule is C/C=C/CS(=O)(=O)CC(=O)NC(C)Cc1c(F)cccc1F. The third-order valence-electron chi connectivity index (χ3n) is 2.92. The van der Waals surface area contributed by atoms with Crippen molar-refractivity contribution in [1.29, 1.82) is 0 Å². The van der Waals surface area contributed by atoms with Gasteiger partial charge in [-0.2, -0.15) is 0 Å². The number of sulfone groups is 1. The van der Waals surface area contributed by atoms with Crippen molar-refractivity contribution in [2.75, 3.05) is 11.5 Å². The Bertz CT molecular complexity index is 637. The second-order valence-electron chi connectivity index (χ2n) is 5.00. The van der Waals surface area contributed by atoms with Crippen molar-refractivity contribution in [3.63, 3.8) is 0 Å². The number of rotatable bonds is 7. The van der Waals surface area contributed by atoms with E-state index in [0.717, 1.165) is 12.1 Å². The van der Waals surface area contributed by atoms with Crippen LogP contribution in [0.3, 0.4) is 0 Å². The molecule has 0 spiro atoms. The number of nitrogens with one attached hydrogen (secondary N) is 1. The van der Waals surface area contributed by atoms with E-state index in [9.17, 15) is 22.0 Å². The molecule has 0 aliphatic carbocycles. The Morgan fingerprint density at radius 1 is 1.32 bits per heavy atom. The predicted molar refractivity (Wildman–Crippen MR) is 81.1 cm³/mol. The maximum absolute atomic E-state index is 13.5. The first-order valence-corrected chi connectivity index (χ1v) is 8.61. The molecule has 0 aliphatic rings. The number of halogens is 2. The quantitative estimate of drug-likeness (QED) is 0.777. The van der Waals surface area contributed by atoms with E-state index in [1.807, 2.05) is 0 Å². The minimum absolute atomic E-state index is 0.0564. The van der Waals surface area contributed by atoms with Crippen LogP contribution in [0.1, 0.15) is 19.4 Å². The summed E-state index contributed by atoms with van der Waals surface area (Å²) in [5, 5.41) is 2.44. The van der Waals surface area contributed by atoms with Crippen molar-refractivity contribution in [2.24, 2.45) is 0 Å². The molecule has 0 heterocycles. The van der Waals surface area contributed by atoms with Gasteiger partial charge in [-0.1, -0.05) is 18.2 Å². The largest absolute Gasteiger partial charge is 0.352 e. The van der Waals surface area contributed by atoms with E-state index in [2.05, 4.69) is 5.32 Å². The van der Waals surface area contributed by atoms with E-state index in [-0.39, 0.29) is 17.7 Å². The summed E-state index contributed by atoms with van der Waals surface area (Å²) in [5.74, 6) is -2.94. The van der Waals surface area contributed by atoms with Gasteiger partial charge in [0.2, 0.25) is 5.91 Å². The lowest BCUT2D eigenvalue weighted by atomic mass is 10.1. The Morgan fingerprint density at radius 2 is 1.91 bits per heavy atom. The van der Waals surface area contributed by atoms with Crippen LogP contribution in [0.2, 0.25) is 0 Å². The Kier molecular flexibility index (Phi) is 6.67. The number of carbonyl (C=O) groups excluding carboxylic acids is 1. The van der Waals surface area contributed by atoms with Gasteiger partial charge in [0, 0.05) is 11.6 Å². The number of amides is 1. The van der Waals surface area contributed by atoms with Crippen LogP contribution < -0.4 is 5.32 Å². The molecule has 0 aliphatic heterocycles. The molecule has 0 aromatic heterocycles. The van der Waals surface area contributed by atoms with Gasteiger partial charge in [-0.05, 0) is 32.4 Å². The van der Waals surface area contributed by atoms with Gasteiger partial charge < -0.3 is 5.32 Å². The molecule has 1 amide bonds. The summed E-state index contributed by atoms with van der Waals surface area (Å²) in [7, 11) is -3.52. The van der Waals surface area contributed by atoms with E-state index in [1.54, 1.807) is 19.9 Å². The average molecular weight is 331 g/mol. The van der Waals surface area contributed by atoms with Crippen LogP contribution in [0.25, 0.3) is 0 Å². The molecule has 0 saturated carbocycles. The summed E-state index contributed by atoms with van der Waals surface area (Å²) in [6, 6.07) is 2.93. The lowest BCUT2D eigenvalue weighted by Crippen LogP contribution is -2.38. The summed E-state index contributed by atoms with van der Waals surface area (Å²) >= 11 is 0. The molecular formula is C15H19F2NO3S. The van der Waals surface area contributed by atoms with Gasteiger partial charge in [0.15, 0.2) is 9.84 Å². The van der Waals surface area contributed by atoms with E-state index in [1.165, 1.54) is 12.1 Å². The van der Waals surface area contributed by atoms with Crippen LogP contribution in [0.15, 0.2) is 30.4 Å². The molecule has 1 N–H and O–H groups in total. The first-order chi connectivity index (χ1) is 10.2. The predicted octanol–water partition coefficient (Wildman–Crippen LogP) is 2.00. The van der Waals surface area contributed by atoms with Crippen LogP contribution in [0, 0.1) is 11.6 Å². The van der Waals surface area contributed by atoms with Crippen molar-refractivity contribution < 1.29 is 22.0 Å². The molecule has 1 aromatic rings. The van der Waals surface area contributed by atoms with Crippen molar-refractivity contribution in [2.45, 2.75) is 26.3 Å². The van der Waals surface area contributed by atoms with Crippen LogP contribution in [0.4, 0.5) is 8.78 Å². The summed E-state index contributed by atoms with van der Waals surface area (Å²) < 4.78 is 50.2. The fourth-order valence-corrected chi connectivity index (χ4v) is 2.99. The minimum atomic E-state index is -3.52. The molecule has 4 nitrogen and oxygen atoms in total. The highest BCUT2D eigenvalue weighted by atomic mass is 32.2. The van der Waals surface area contributed by atoms with Crippen LogP contribution in [0.5, 0.6) is 0 Å². The normalized spacial score (nSPS) is 13.3. The van der Waals surface area contributed by atoms with E-state index in [4.69, 9.17) is 0 Å². The highest BCUT2D eigenvalue weighted by Crippen LogP contribution is 2.14. The second-order valence-corrected chi connectivity index (χ2v) is 7.11. The third kappa shape index (κ3) is 5.93. The first kappa shape index (κ1) is 18.3. The topological polar surface area (TPSA) is 63.2 Å². The fourth-order valence-electron chi connectivity index (χ4n) is 1.90. The highest BCUT2D eigenvalue weighted by Gasteiger charge is 2.18. The molecule has 122 valence electrons. The zero-order chi connectivity index (χ0) is 16.8. The lowest BCUT2D eigenvalue weighted by Gasteiger charge is -2.15. The summed E-state index contributed by atoms with van der Waals surface area (Å²) in [6.07, 6.45) is 2.97. The second kappa shape index (κ2) is 8.03. The van der Waals surface area contributed by atoms with Gasteiger partial charge in [-0.15, -0.1) is 0 Å². The number of hydrogen-bond donors (Lipinski definition) is 1. The van der Waals surface area contributed by atoms with Crippen molar-refractivity contribution >= 4 is 15.7 Å². The Balaban J connectivity index is 2.62. The molecule has 0 radical (unpaired) electrons. The minimum Gasteiger partial charge on any atom is -0.352 e. The zero-order valence-corrected chi connectivity index (χ0v) is 13.3. The van der Waals surface area contributed by atoms with Crippen LogP contribution >= 0.6 is 0 Å². The average Bonchev–Trinajstić information content (AvgIpc) is 2.40. The van der Waals surface area contributed by atoms with E-state index < -0.39 is 39.2 Å². The third-order valence-corrected chi connectivity index (χ3v) is 4.32. The maximum atomic E-state index is 13.5. The van der Waals surface area contributed by atoms with Crippen molar-refractivity contribution in [1.82, 2.24) is 5.32 Å². The molecule has 7 heteroatoms. The maximum Gasteiger partial charge on any atom is 0.235 e. The number of allylic oxidation sites excluding steroid dienone is 1. The van der Waals surface area contributed by atoms with Gasteiger partial charge in [0.05, 0.1) is 5.75 Å². The van der Waals surface area contributed by atoms with Gasteiger partial charge in [0.25, 0.3) is 0 Å². The van der Waals surface area contributed by atoms with E-state index in [0.29, 0.717) is 0 Å². The molecular weight excluding hydrogens is 312 g/mol. The molecule has 22 heavy (non-hydrogen) atoms. The molecule has 0 fully saturated rings. The van der Waals surface area contributed by atoms with Crippen LogP contribution in [-0.4, -0.2) is 31.9 Å². The number of benzene rings is 1. The molecule has 0 saturated heterocycles.